The summed E-state index contributed by atoms with van der Waals surface area (Å²) in [6.07, 6.45) is 2.92. The smallest absolute Gasteiger partial charge is 0.265 e. The molecule has 3 nitrogen and oxygen atoms in total. The molecule has 1 saturated heterocycles. The van der Waals surface area contributed by atoms with Crippen molar-refractivity contribution in [1.82, 2.24) is 0 Å². The maximum absolute atomic E-state index is 13.1. The Kier molecular flexibility index (Phi) is 3.47. The van der Waals surface area contributed by atoms with E-state index in [1.54, 1.807) is 11.8 Å². The van der Waals surface area contributed by atoms with E-state index in [1.165, 1.54) is 11.3 Å². The van der Waals surface area contributed by atoms with Crippen LogP contribution in [0.15, 0.2) is 53.5 Å². The van der Waals surface area contributed by atoms with Gasteiger partial charge in [-0.15, -0.1) is 0 Å². The summed E-state index contributed by atoms with van der Waals surface area (Å²) in [6, 6.07) is 16.3. The molecule has 1 amide bonds. The number of carbonyl (C=O) groups is 1. The number of amides is 1. The third kappa shape index (κ3) is 2.27. The molecule has 25 heavy (non-hydrogen) atoms. The molecule has 3 heterocycles. The van der Waals surface area contributed by atoms with Crippen LogP contribution in [0.2, 0.25) is 5.02 Å². The summed E-state index contributed by atoms with van der Waals surface area (Å²) in [5.74, 6) is 0.0129. The Hall–Kier alpha value is -1.78. The van der Waals surface area contributed by atoms with Crippen LogP contribution < -0.4 is 4.90 Å². The second-order valence-corrected chi connectivity index (χ2v) is 8.64. The number of fused-ring (bicyclic) bond motifs is 4. The van der Waals surface area contributed by atoms with Crippen LogP contribution in [-0.4, -0.2) is 28.3 Å². The molecule has 5 rings (SSSR count). The zero-order chi connectivity index (χ0) is 17.0. The molecule has 2 aromatic carbocycles. The van der Waals surface area contributed by atoms with E-state index in [0.717, 1.165) is 36.4 Å². The fourth-order valence-electron chi connectivity index (χ4n) is 4.37. The SMILES string of the molecule is O=C1N=C(c2cccc(Cl)c2)SC12Cc1ccccc1N1CCCC12. The average Bonchev–Trinajstić information content (AvgIpc) is 3.22. The van der Waals surface area contributed by atoms with Gasteiger partial charge in [0.1, 0.15) is 9.79 Å². The molecule has 5 heteroatoms. The van der Waals surface area contributed by atoms with Crippen molar-refractivity contribution in [2.24, 2.45) is 4.99 Å². The second-order valence-electron chi connectivity index (χ2n) is 6.88. The van der Waals surface area contributed by atoms with Gasteiger partial charge >= 0.3 is 0 Å². The molecule has 0 bridgehead atoms. The van der Waals surface area contributed by atoms with Crippen molar-refractivity contribution in [3.63, 3.8) is 0 Å². The molecule has 0 radical (unpaired) electrons. The standard InChI is InChI=1S/C20H17ClN2OS/c21-15-7-3-6-13(11-15)18-22-19(24)20(25-18)12-14-5-1-2-8-16(14)23-10-4-9-17(20)23/h1-3,5-8,11,17H,4,9-10,12H2. The highest BCUT2D eigenvalue weighted by molar-refractivity contribution is 8.16. The van der Waals surface area contributed by atoms with Crippen LogP contribution in [0.4, 0.5) is 5.69 Å². The average molecular weight is 369 g/mol. The lowest BCUT2D eigenvalue weighted by molar-refractivity contribution is -0.120. The number of thioether (sulfide) groups is 1. The van der Waals surface area contributed by atoms with Gasteiger partial charge in [0.2, 0.25) is 0 Å². The zero-order valence-electron chi connectivity index (χ0n) is 13.6. The van der Waals surface area contributed by atoms with Crippen LogP contribution in [0.5, 0.6) is 0 Å². The first-order valence-corrected chi connectivity index (χ1v) is 9.79. The molecule has 2 atom stereocenters. The Morgan fingerprint density at radius 3 is 2.96 bits per heavy atom. The summed E-state index contributed by atoms with van der Waals surface area (Å²) in [4.78, 5) is 20.0. The number of halogens is 1. The van der Waals surface area contributed by atoms with Crippen LogP contribution in [0.3, 0.4) is 0 Å². The molecule has 0 aromatic heterocycles. The van der Waals surface area contributed by atoms with Gasteiger partial charge in [-0.2, -0.15) is 0 Å². The number of hydrogen-bond donors (Lipinski definition) is 0. The van der Waals surface area contributed by atoms with Gasteiger partial charge in [0.15, 0.2) is 0 Å². The predicted molar refractivity (Wildman–Crippen MR) is 104 cm³/mol. The van der Waals surface area contributed by atoms with E-state index < -0.39 is 4.75 Å². The van der Waals surface area contributed by atoms with Crippen molar-refractivity contribution >= 4 is 40.0 Å². The Morgan fingerprint density at radius 2 is 2.08 bits per heavy atom. The van der Waals surface area contributed by atoms with Crippen molar-refractivity contribution in [1.29, 1.82) is 0 Å². The molecule has 126 valence electrons. The van der Waals surface area contributed by atoms with E-state index in [-0.39, 0.29) is 11.9 Å². The summed E-state index contributed by atoms with van der Waals surface area (Å²) in [5, 5.41) is 1.48. The number of rotatable bonds is 1. The van der Waals surface area contributed by atoms with Crippen molar-refractivity contribution in [3.05, 3.63) is 64.7 Å². The molecule has 1 fully saturated rings. The van der Waals surface area contributed by atoms with Crippen LogP contribution in [0.1, 0.15) is 24.0 Å². The van der Waals surface area contributed by atoms with Crippen molar-refractivity contribution in [2.75, 3.05) is 11.4 Å². The van der Waals surface area contributed by atoms with Crippen LogP contribution in [0.25, 0.3) is 0 Å². The van der Waals surface area contributed by atoms with E-state index in [2.05, 4.69) is 34.2 Å². The normalized spacial score (nSPS) is 27.4. The maximum Gasteiger partial charge on any atom is 0.265 e. The highest BCUT2D eigenvalue weighted by Crippen LogP contribution is 2.51. The fraction of sp³-hybridized carbons (Fsp3) is 0.300. The van der Waals surface area contributed by atoms with Crippen LogP contribution in [0, 0.1) is 0 Å². The third-order valence-corrected chi connectivity index (χ3v) is 7.17. The van der Waals surface area contributed by atoms with E-state index >= 15 is 0 Å². The van der Waals surface area contributed by atoms with Gasteiger partial charge in [-0.25, -0.2) is 4.99 Å². The molecular weight excluding hydrogens is 352 g/mol. The lowest BCUT2D eigenvalue weighted by Crippen LogP contribution is -2.55. The maximum atomic E-state index is 13.1. The van der Waals surface area contributed by atoms with E-state index in [0.29, 0.717) is 5.02 Å². The summed E-state index contributed by atoms with van der Waals surface area (Å²) >= 11 is 7.78. The Morgan fingerprint density at radius 1 is 1.20 bits per heavy atom. The van der Waals surface area contributed by atoms with Crippen molar-refractivity contribution < 1.29 is 4.79 Å². The summed E-state index contributed by atoms with van der Waals surface area (Å²) < 4.78 is -0.498. The first kappa shape index (κ1) is 15.5. The minimum absolute atomic E-state index is 0.0129. The first-order chi connectivity index (χ1) is 12.2. The topological polar surface area (TPSA) is 32.7 Å². The highest BCUT2D eigenvalue weighted by Gasteiger charge is 2.57. The lowest BCUT2D eigenvalue weighted by atomic mass is 9.84. The monoisotopic (exact) mass is 368 g/mol. The quantitative estimate of drug-likeness (QED) is 0.751. The van der Waals surface area contributed by atoms with Crippen LogP contribution >= 0.6 is 23.4 Å². The summed E-state index contributed by atoms with van der Waals surface area (Å²) in [7, 11) is 0. The van der Waals surface area contributed by atoms with Gasteiger partial charge in [0, 0.05) is 29.2 Å². The predicted octanol–water partition coefficient (Wildman–Crippen LogP) is 4.32. The van der Waals surface area contributed by atoms with Crippen LogP contribution in [-0.2, 0) is 11.2 Å². The van der Waals surface area contributed by atoms with Gasteiger partial charge in [-0.3, -0.25) is 4.79 Å². The Bertz CT molecular complexity index is 912. The minimum Gasteiger partial charge on any atom is -0.366 e. The molecule has 3 aliphatic rings. The highest BCUT2D eigenvalue weighted by atomic mass is 35.5. The second kappa shape index (κ2) is 5.61. The zero-order valence-corrected chi connectivity index (χ0v) is 15.2. The van der Waals surface area contributed by atoms with Gasteiger partial charge in [-0.05, 0) is 36.6 Å². The number of benzene rings is 2. The Balaban J connectivity index is 1.57. The molecular formula is C20H17ClN2OS. The van der Waals surface area contributed by atoms with Gasteiger partial charge in [0.25, 0.3) is 5.91 Å². The molecule has 2 aromatic rings. The van der Waals surface area contributed by atoms with E-state index in [1.807, 2.05) is 24.3 Å². The van der Waals surface area contributed by atoms with E-state index in [4.69, 9.17) is 11.6 Å². The number of hydrogen-bond acceptors (Lipinski definition) is 3. The molecule has 0 saturated carbocycles. The number of aliphatic imine (C=N–C) groups is 1. The fourth-order valence-corrected chi connectivity index (χ4v) is 6.02. The third-order valence-electron chi connectivity index (χ3n) is 5.46. The van der Waals surface area contributed by atoms with Gasteiger partial charge < -0.3 is 4.90 Å². The molecule has 0 N–H and O–H groups in total. The summed E-state index contributed by atoms with van der Waals surface area (Å²) in [6.45, 7) is 1.02. The first-order valence-electron chi connectivity index (χ1n) is 8.60. The minimum atomic E-state index is -0.498. The largest absolute Gasteiger partial charge is 0.366 e. The number of nitrogens with zero attached hydrogens (tertiary/aromatic N) is 2. The molecule has 2 unspecified atom stereocenters. The summed E-state index contributed by atoms with van der Waals surface area (Å²) in [5.41, 5.74) is 3.48. The van der Waals surface area contributed by atoms with Gasteiger partial charge in [-0.1, -0.05) is 53.7 Å². The number of para-hydroxylation sites is 1. The number of anilines is 1. The number of carbonyl (C=O) groups excluding carboxylic acids is 1. The lowest BCUT2D eigenvalue weighted by Gasteiger charge is -2.44. The Labute approximate surface area is 156 Å². The van der Waals surface area contributed by atoms with Crippen molar-refractivity contribution in [2.45, 2.75) is 30.1 Å². The van der Waals surface area contributed by atoms with E-state index in [9.17, 15) is 4.79 Å². The van der Waals surface area contributed by atoms with Gasteiger partial charge in [0.05, 0.1) is 6.04 Å². The van der Waals surface area contributed by atoms with Crippen molar-refractivity contribution in [3.8, 4) is 0 Å². The molecule has 0 aliphatic carbocycles. The molecule has 1 spiro atoms. The molecule has 3 aliphatic heterocycles.